The number of carbonyl (C=O) groups is 1. The Morgan fingerprint density at radius 2 is 2.22 bits per heavy atom. The average molecular weight is 393 g/mol. The number of nitrogens with one attached hydrogen (secondary N) is 1. The molecule has 1 aliphatic heterocycles. The van der Waals surface area contributed by atoms with Gasteiger partial charge in [0.15, 0.2) is 5.13 Å². The third kappa shape index (κ3) is 4.22. The first-order valence-electron chi connectivity index (χ1n) is 9.21. The maximum atomic E-state index is 12.5. The number of carbonyl (C=O) groups excluding carboxylic acids is 1. The summed E-state index contributed by atoms with van der Waals surface area (Å²) in [6, 6.07) is 0. The van der Waals surface area contributed by atoms with Crippen molar-refractivity contribution in [2.75, 3.05) is 44.4 Å². The number of aromatic nitrogens is 3. The van der Waals surface area contributed by atoms with Crippen molar-refractivity contribution in [1.29, 1.82) is 0 Å². The standard InChI is InChI=1S/C17H23N5O4S/c1-11-16(21-26-20-11)25-7-4-18-15(23)12-2-3-14-13(10-12)19-17(27-14)22-5-8-24-9-6-22/h12H,2-10H2,1H3,(H,18,23). The predicted octanol–water partition coefficient (Wildman–Crippen LogP) is 0.971. The Hall–Kier alpha value is -2.20. The van der Waals surface area contributed by atoms with Crippen LogP contribution in [-0.4, -0.2) is 60.7 Å². The van der Waals surface area contributed by atoms with Crippen LogP contribution in [0.3, 0.4) is 0 Å². The molecule has 1 unspecified atom stereocenters. The molecule has 0 saturated carbocycles. The number of ether oxygens (including phenoxy) is 2. The summed E-state index contributed by atoms with van der Waals surface area (Å²) in [5, 5.41) is 11.3. The first-order chi connectivity index (χ1) is 13.2. The van der Waals surface area contributed by atoms with Crippen LogP contribution >= 0.6 is 11.3 Å². The zero-order chi connectivity index (χ0) is 18.6. The van der Waals surface area contributed by atoms with Crippen LogP contribution in [0.15, 0.2) is 4.63 Å². The predicted molar refractivity (Wildman–Crippen MR) is 98.2 cm³/mol. The number of morpholine rings is 1. The zero-order valence-electron chi connectivity index (χ0n) is 15.3. The zero-order valence-corrected chi connectivity index (χ0v) is 16.1. The Morgan fingerprint density at radius 3 is 3.00 bits per heavy atom. The Balaban J connectivity index is 1.26. The van der Waals surface area contributed by atoms with Crippen LogP contribution in [0.5, 0.6) is 5.88 Å². The summed E-state index contributed by atoms with van der Waals surface area (Å²) in [5.41, 5.74) is 1.68. The minimum Gasteiger partial charge on any atom is -0.472 e. The monoisotopic (exact) mass is 393 g/mol. The molecule has 1 N–H and O–H groups in total. The quantitative estimate of drug-likeness (QED) is 0.725. The van der Waals surface area contributed by atoms with E-state index in [4.69, 9.17) is 14.5 Å². The van der Waals surface area contributed by atoms with Gasteiger partial charge in [-0.25, -0.2) is 9.61 Å². The molecule has 0 radical (unpaired) electrons. The van der Waals surface area contributed by atoms with Gasteiger partial charge in [-0.3, -0.25) is 4.79 Å². The molecule has 146 valence electrons. The van der Waals surface area contributed by atoms with E-state index in [2.05, 4.69) is 25.2 Å². The number of amides is 1. The van der Waals surface area contributed by atoms with E-state index in [0.29, 0.717) is 31.1 Å². The van der Waals surface area contributed by atoms with Crippen molar-refractivity contribution in [3.05, 3.63) is 16.3 Å². The molecule has 10 heteroatoms. The largest absolute Gasteiger partial charge is 0.472 e. The summed E-state index contributed by atoms with van der Waals surface area (Å²) in [5.74, 6) is 0.387. The fraction of sp³-hybridized carbons (Fsp3) is 0.647. The number of hydrogen-bond acceptors (Lipinski definition) is 9. The normalized spacial score (nSPS) is 19.6. The van der Waals surface area contributed by atoms with Crippen molar-refractivity contribution in [2.45, 2.75) is 26.2 Å². The molecule has 2 aromatic rings. The second-order valence-corrected chi connectivity index (χ2v) is 7.76. The molecule has 1 atom stereocenters. The van der Waals surface area contributed by atoms with E-state index in [0.717, 1.165) is 50.0 Å². The highest BCUT2D eigenvalue weighted by molar-refractivity contribution is 7.15. The number of hydrogen-bond donors (Lipinski definition) is 1. The maximum Gasteiger partial charge on any atom is 0.278 e. The average Bonchev–Trinajstić information content (AvgIpc) is 3.31. The van der Waals surface area contributed by atoms with Crippen LogP contribution in [0.1, 0.15) is 22.7 Å². The van der Waals surface area contributed by atoms with Crippen molar-refractivity contribution >= 4 is 22.4 Å². The lowest BCUT2D eigenvalue weighted by molar-refractivity contribution is -0.125. The summed E-state index contributed by atoms with van der Waals surface area (Å²) in [4.78, 5) is 20.9. The Labute approximate surface area is 161 Å². The summed E-state index contributed by atoms with van der Waals surface area (Å²) in [6.07, 6.45) is 2.47. The van der Waals surface area contributed by atoms with Gasteiger partial charge in [0.25, 0.3) is 5.88 Å². The van der Waals surface area contributed by atoms with Gasteiger partial charge in [-0.1, -0.05) is 5.16 Å². The molecule has 9 nitrogen and oxygen atoms in total. The maximum absolute atomic E-state index is 12.5. The highest BCUT2D eigenvalue weighted by atomic mass is 32.1. The van der Waals surface area contributed by atoms with Crippen molar-refractivity contribution in [3.8, 4) is 5.88 Å². The lowest BCUT2D eigenvalue weighted by Crippen LogP contribution is -2.36. The van der Waals surface area contributed by atoms with Gasteiger partial charge in [0.2, 0.25) is 5.91 Å². The molecule has 1 fully saturated rings. The molecule has 0 spiro atoms. The van der Waals surface area contributed by atoms with Crippen molar-refractivity contribution in [2.24, 2.45) is 5.92 Å². The number of rotatable bonds is 6. The van der Waals surface area contributed by atoms with E-state index in [1.807, 2.05) is 0 Å². The van der Waals surface area contributed by atoms with Crippen LogP contribution in [0.25, 0.3) is 0 Å². The molecule has 4 rings (SSSR count). The summed E-state index contributed by atoms with van der Waals surface area (Å²) >= 11 is 1.76. The van der Waals surface area contributed by atoms with Crippen LogP contribution in [-0.2, 0) is 22.4 Å². The molecule has 3 heterocycles. The smallest absolute Gasteiger partial charge is 0.278 e. The van der Waals surface area contributed by atoms with Crippen LogP contribution in [0, 0.1) is 12.8 Å². The van der Waals surface area contributed by atoms with E-state index in [1.165, 1.54) is 4.88 Å². The van der Waals surface area contributed by atoms with Gasteiger partial charge in [-0.2, -0.15) is 0 Å². The molecular weight excluding hydrogens is 370 g/mol. The van der Waals surface area contributed by atoms with Gasteiger partial charge in [-0.15, -0.1) is 11.3 Å². The van der Waals surface area contributed by atoms with E-state index < -0.39 is 0 Å². The molecular formula is C17H23N5O4S. The minimum absolute atomic E-state index is 0.0346. The third-order valence-corrected chi connectivity index (χ3v) is 6.05. The Morgan fingerprint density at radius 1 is 1.37 bits per heavy atom. The van der Waals surface area contributed by atoms with Gasteiger partial charge in [0, 0.05) is 30.3 Å². The van der Waals surface area contributed by atoms with E-state index in [-0.39, 0.29) is 11.8 Å². The van der Waals surface area contributed by atoms with Gasteiger partial charge >= 0.3 is 0 Å². The highest BCUT2D eigenvalue weighted by Crippen LogP contribution is 2.34. The summed E-state index contributed by atoms with van der Waals surface area (Å²) < 4.78 is 15.4. The third-order valence-electron chi connectivity index (χ3n) is 4.83. The molecule has 1 amide bonds. The van der Waals surface area contributed by atoms with Gasteiger partial charge in [0.05, 0.1) is 25.5 Å². The fourth-order valence-corrected chi connectivity index (χ4v) is 4.45. The first kappa shape index (κ1) is 18.2. The molecule has 0 aromatic carbocycles. The molecule has 2 aliphatic rings. The van der Waals surface area contributed by atoms with Crippen molar-refractivity contribution < 1.29 is 18.9 Å². The van der Waals surface area contributed by atoms with Gasteiger partial charge < -0.3 is 19.7 Å². The van der Waals surface area contributed by atoms with Crippen molar-refractivity contribution in [1.82, 2.24) is 20.6 Å². The SMILES string of the molecule is Cc1nonc1OCCNC(=O)C1CCc2sc(N3CCOCC3)nc2C1. The number of thiazole rings is 1. The number of anilines is 1. The van der Waals surface area contributed by atoms with Gasteiger partial charge in [0.1, 0.15) is 12.3 Å². The highest BCUT2D eigenvalue weighted by Gasteiger charge is 2.28. The second-order valence-electron chi connectivity index (χ2n) is 6.70. The summed E-state index contributed by atoms with van der Waals surface area (Å²) in [6.45, 7) is 5.78. The van der Waals surface area contributed by atoms with Crippen LogP contribution in [0.2, 0.25) is 0 Å². The number of nitrogens with zero attached hydrogens (tertiary/aromatic N) is 4. The van der Waals surface area contributed by atoms with E-state index in [9.17, 15) is 4.79 Å². The molecule has 2 aromatic heterocycles. The van der Waals surface area contributed by atoms with E-state index in [1.54, 1.807) is 18.3 Å². The lowest BCUT2D eigenvalue weighted by atomic mass is 9.90. The molecule has 1 saturated heterocycles. The summed E-state index contributed by atoms with van der Waals surface area (Å²) in [7, 11) is 0. The molecule has 27 heavy (non-hydrogen) atoms. The molecule has 0 bridgehead atoms. The van der Waals surface area contributed by atoms with E-state index >= 15 is 0 Å². The Bertz CT molecular complexity index is 786. The Kier molecular flexibility index (Phi) is 5.53. The molecule has 1 aliphatic carbocycles. The van der Waals surface area contributed by atoms with Crippen molar-refractivity contribution in [3.63, 3.8) is 0 Å². The second kappa shape index (κ2) is 8.22. The fourth-order valence-electron chi connectivity index (χ4n) is 3.30. The van der Waals surface area contributed by atoms with Crippen LogP contribution in [0.4, 0.5) is 5.13 Å². The van der Waals surface area contributed by atoms with Gasteiger partial charge in [-0.05, 0) is 24.9 Å². The number of fused-ring (bicyclic) bond motifs is 1. The van der Waals surface area contributed by atoms with Crippen LogP contribution < -0.4 is 15.0 Å². The first-order valence-corrected chi connectivity index (χ1v) is 10.0. The topological polar surface area (TPSA) is 103 Å². The minimum atomic E-state index is -0.0346. The lowest BCUT2D eigenvalue weighted by Gasteiger charge is -2.26. The number of aryl methyl sites for hydroxylation is 2.